The molecule has 0 aliphatic carbocycles. The minimum atomic E-state index is -1.32. The van der Waals surface area contributed by atoms with Gasteiger partial charge in [-0.25, -0.2) is 4.39 Å². The standard InChI is InChI=1S/C13H13Cl2FN2O/c1-13(19,7-8-3-4-18(2)17-8)9-5-12(16)11(15)6-10(9)14/h3-6,19H,7H2,1-2H3. The first-order valence-corrected chi connectivity index (χ1v) is 6.41. The molecule has 1 aromatic heterocycles. The van der Waals surface area contributed by atoms with Gasteiger partial charge in [-0.3, -0.25) is 4.68 Å². The van der Waals surface area contributed by atoms with E-state index >= 15 is 0 Å². The molecule has 0 fully saturated rings. The van der Waals surface area contributed by atoms with Crippen LogP contribution in [0.25, 0.3) is 0 Å². The average Bonchev–Trinajstić information content (AvgIpc) is 2.68. The van der Waals surface area contributed by atoms with Crippen molar-refractivity contribution < 1.29 is 9.50 Å². The number of rotatable bonds is 3. The number of halogens is 3. The van der Waals surface area contributed by atoms with Gasteiger partial charge in [0.25, 0.3) is 0 Å². The fraction of sp³-hybridized carbons (Fsp3) is 0.308. The van der Waals surface area contributed by atoms with E-state index in [-0.39, 0.29) is 16.5 Å². The van der Waals surface area contributed by atoms with E-state index < -0.39 is 11.4 Å². The van der Waals surface area contributed by atoms with E-state index in [9.17, 15) is 9.50 Å². The minimum absolute atomic E-state index is 0.0672. The first-order valence-electron chi connectivity index (χ1n) is 5.65. The Morgan fingerprint density at radius 1 is 1.37 bits per heavy atom. The average molecular weight is 303 g/mol. The van der Waals surface area contributed by atoms with Gasteiger partial charge in [0.05, 0.1) is 16.3 Å². The largest absolute Gasteiger partial charge is 0.385 e. The van der Waals surface area contributed by atoms with Crippen molar-refractivity contribution in [1.29, 1.82) is 0 Å². The number of hydrogen-bond donors (Lipinski definition) is 1. The summed E-state index contributed by atoms with van der Waals surface area (Å²) in [4.78, 5) is 0. The highest BCUT2D eigenvalue weighted by Gasteiger charge is 2.28. The summed E-state index contributed by atoms with van der Waals surface area (Å²) in [5.74, 6) is -0.609. The number of aryl methyl sites for hydroxylation is 1. The van der Waals surface area contributed by atoms with Gasteiger partial charge in [-0.05, 0) is 25.1 Å². The lowest BCUT2D eigenvalue weighted by atomic mass is 9.91. The van der Waals surface area contributed by atoms with Gasteiger partial charge in [-0.1, -0.05) is 23.2 Å². The van der Waals surface area contributed by atoms with Crippen LogP contribution in [0.4, 0.5) is 4.39 Å². The van der Waals surface area contributed by atoms with Crippen molar-refractivity contribution in [2.45, 2.75) is 18.9 Å². The fourth-order valence-corrected chi connectivity index (χ4v) is 2.53. The Kier molecular flexibility index (Phi) is 3.85. The smallest absolute Gasteiger partial charge is 0.142 e. The zero-order valence-corrected chi connectivity index (χ0v) is 12.0. The van der Waals surface area contributed by atoms with Crippen LogP contribution < -0.4 is 0 Å². The van der Waals surface area contributed by atoms with Gasteiger partial charge in [-0.15, -0.1) is 0 Å². The van der Waals surface area contributed by atoms with Crippen LogP contribution in [0.3, 0.4) is 0 Å². The normalized spacial score (nSPS) is 14.4. The highest BCUT2D eigenvalue weighted by atomic mass is 35.5. The van der Waals surface area contributed by atoms with Crippen LogP contribution in [0.1, 0.15) is 18.2 Å². The van der Waals surface area contributed by atoms with Crippen molar-refractivity contribution in [1.82, 2.24) is 9.78 Å². The van der Waals surface area contributed by atoms with E-state index in [0.29, 0.717) is 11.3 Å². The summed E-state index contributed by atoms with van der Waals surface area (Å²) < 4.78 is 15.1. The molecule has 0 aliphatic heterocycles. The minimum Gasteiger partial charge on any atom is -0.385 e. The predicted molar refractivity (Wildman–Crippen MR) is 72.9 cm³/mol. The van der Waals surface area contributed by atoms with Crippen LogP contribution in [-0.2, 0) is 19.1 Å². The van der Waals surface area contributed by atoms with Crippen LogP contribution in [0.15, 0.2) is 24.4 Å². The number of aromatic nitrogens is 2. The van der Waals surface area contributed by atoms with Gasteiger partial charge in [0.1, 0.15) is 5.82 Å². The monoisotopic (exact) mass is 302 g/mol. The molecule has 6 heteroatoms. The van der Waals surface area contributed by atoms with Crippen LogP contribution in [0.2, 0.25) is 10.0 Å². The molecule has 1 atom stereocenters. The third kappa shape index (κ3) is 3.08. The van der Waals surface area contributed by atoms with E-state index in [4.69, 9.17) is 23.2 Å². The van der Waals surface area contributed by atoms with Crippen molar-refractivity contribution in [3.8, 4) is 0 Å². The molecule has 0 aliphatic rings. The van der Waals surface area contributed by atoms with Gasteiger partial charge in [-0.2, -0.15) is 5.10 Å². The van der Waals surface area contributed by atoms with Crippen LogP contribution in [0, 0.1) is 5.82 Å². The maximum absolute atomic E-state index is 13.5. The van der Waals surface area contributed by atoms with Crippen molar-refractivity contribution in [2.75, 3.05) is 0 Å². The maximum Gasteiger partial charge on any atom is 0.142 e. The summed E-state index contributed by atoms with van der Waals surface area (Å²) in [6.45, 7) is 1.57. The van der Waals surface area contributed by atoms with Crippen molar-refractivity contribution >= 4 is 23.2 Å². The molecular formula is C13H13Cl2FN2O. The van der Waals surface area contributed by atoms with Gasteiger partial charge in [0.15, 0.2) is 0 Å². The summed E-state index contributed by atoms with van der Waals surface area (Å²) in [7, 11) is 1.78. The third-order valence-corrected chi connectivity index (χ3v) is 3.49. The first kappa shape index (κ1) is 14.3. The Balaban J connectivity index is 2.36. The number of benzene rings is 1. The molecule has 2 rings (SSSR count). The molecule has 1 unspecified atom stereocenters. The lowest BCUT2D eigenvalue weighted by Crippen LogP contribution is -2.25. The molecule has 19 heavy (non-hydrogen) atoms. The highest BCUT2D eigenvalue weighted by Crippen LogP contribution is 2.33. The Morgan fingerprint density at radius 3 is 2.63 bits per heavy atom. The van der Waals surface area contributed by atoms with E-state index in [2.05, 4.69) is 5.10 Å². The van der Waals surface area contributed by atoms with E-state index in [1.807, 2.05) is 0 Å². The molecule has 3 nitrogen and oxygen atoms in total. The molecule has 0 amide bonds. The van der Waals surface area contributed by atoms with Crippen LogP contribution in [0.5, 0.6) is 0 Å². The third-order valence-electron chi connectivity index (χ3n) is 2.88. The molecule has 1 N–H and O–H groups in total. The summed E-state index contributed by atoms with van der Waals surface area (Å²) in [5.41, 5.74) is -0.336. The predicted octanol–water partition coefficient (Wildman–Crippen LogP) is 3.32. The van der Waals surface area contributed by atoms with Crippen molar-refractivity contribution in [2.24, 2.45) is 7.05 Å². The molecule has 0 radical (unpaired) electrons. The topological polar surface area (TPSA) is 38.0 Å². The molecule has 2 aromatic rings. The van der Waals surface area contributed by atoms with Gasteiger partial charge >= 0.3 is 0 Å². The fourth-order valence-electron chi connectivity index (χ4n) is 1.94. The molecule has 0 spiro atoms. The van der Waals surface area contributed by atoms with Gasteiger partial charge in [0.2, 0.25) is 0 Å². The summed E-state index contributed by atoms with van der Waals surface area (Å²) in [6.07, 6.45) is 2.00. The quantitative estimate of drug-likeness (QED) is 0.883. The molecule has 1 aromatic carbocycles. The molecular weight excluding hydrogens is 290 g/mol. The number of hydrogen-bond acceptors (Lipinski definition) is 2. The second-order valence-corrected chi connectivity index (χ2v) is 5.49. The SMILES string of the molecule is Cn1ccc(CC(C)(O)c2cc(F)c(Cl)cc2Cl)n1. The van der Waals surface area contributed by atoms with E-state index in [1.165, 1.54) is 6.07 Å². The molecule has 102 valence electrons. The van der Waals surface area contributed by atoms with Crippen LogP contribution in [-0.4, -0.2) is 14.9 Å². The summed E-state index contributed by atoms with van der Waals surface area (Å²) >= 11 is 11.7. The molecule has 1 heterocycles. The second kappa shape index (κ2) is 5.12. The zero-order valence-electron chi connectivity index (χ0n) is 10.5. The lowest BCUT2D eigenvalue weighted by Gasteiger charge is -2.24. The maximum atomic E-state index is 13.5. The highest BCUT2D eigenvalue weighted by molar-refractivity contribution is 6.35. The lowest BCUT2D eigenvalue weighted by molar-refractivity contribution is 0.0562. The zero-order chi connectivity index (χ0) is 14.2. The molecule has 0 saturated heterocycles. The molecule has 0 saturated carbocycles. The Morgan fingerprint density at radius 2 is 2.05 bits per heavy atom. The van der Waals surface area contributed by atoms with E-state index in [1.54, 1.807) is 30.9 Å². The number of aliphatic hydroxyl groups is 1. The second-order valence-electron chi connectivity index (χ2n) is 4.68. The van der Waals surface area contributed by atoms with Crippen LogP contribution >= 0.6 is 23.2 Å². The number of nitrogens with zero attached hydrogens (tertiary/aromatic N) is 2. The van der Waals surface area contributed by atoms with Crippen molar-refractivity contribution in [3.05, 3.63) is 51.5 Å². The summed E-state index contributed by atoms with van der Waals surface area (Å²) in [5, 5.41) is 14.8. The first-order chi connectivity index (χ1) is 8.79. The Labute approximate surface area is 120 Å². The van der Waals surface area contributed by atoms with Gasteiger partial charge in [0, 0.05) is 30.3 Å². The van der Waals surface area contributed by atoms with Gasteiger partial charge < -0.3 is 5.11 Å². The Bertz CT molecular complexity index is 611. The summed E-state index contributed by atoms with van der Waals surface area (Å²) in [6, 6.07) is 4.24. The van der Waals surface area contributed by atoms with E-state index in [0.717, 1.165) is 6.07 Å². The molecule has 0 bridgehead atoms. The Hall–Kier alpha value is -1.10. The van der Waals surface area contributed by atoms with Crippen molar-refractivity contribution in [3.63, 3.8) is 0 Å².